The number of hydrogen-bond donors (Lipinski definition) is 5. The van der Waals surface area contributed by atoms with E-state index in [4.69, 9.17) is 9.47 Å². The highest BCUT2D eigenvalue weighted by Crippen LogP contribution is 2.45. The van der Waals surface area contributed by atoms with Crippen LogP contribution < -0.4 is 0 Å². The summed E-state index contributed by atoms with van der Waals surface area (Å²) in [7, 11) is -9.60. The molecular weight excluding hydrogens is 890 g/mol. The molecule has 0 spiro atoms. The minimum Gasteiger partial charge on any atom is -0.463 e. The van der Waals surface area contributed by atoms with Gasteiger partial charge >= 0.3 is 27.6 Å². The van der Waals surface area contributed by atoms with Crippen LogP contribution in [0.4, 0.5) is 0 Å². The fourth-order valence-electron chi connectivity index (χ4n) is 5.48. The summed E-state index contributed by atoms with van der Waals surface area (Å²) in [6.45, 7) is 0.117. The second-order valence-corrected chi connectivity index (χ2v) is 18.4. The summed E-state index contributed by atoms with van der Waals surface area (Å²) >= 11 is 0. The number of esters is 2. The molecule has 0 aliphatic heterocycles. The van der Waals surface area contributed by atoms with Gasteiger partial charge in [-0.25, -0.2) is 9.13 Å². The largest absolute Gasteiger partial charge is 0.472 e. The molecule has 0 aliphatic rings. The average molecular weight is 973 g/mol. The predicted molar refractivity (Wildman–Crippen MR) is 260 cm³/mol. The van der Waals surface area contributed by atoms with Crippen molar-refractivity contribution in [3.05, 3.63) is 97.2 Å². The molecule has 0 rings (SSSR count). The van der Waals surface area contributed by atoms with Gasteiger partial charge in [-0.1, -0.05) is 162 Å². The molecule has 0 fully saturated rings. The number of phosphoric acid groups is 2. The third-order valence-corrected chi connectivity index (χ3v) is 11.1. The molecule has 378 valence electrons. The third-order valence-electron chi connectivity index (χ3n) is 9.15. The maximum absolute atomic E-state index is 12.2. The summed E-state index contributed by atoms with van der Waals surface area (Å²) in [4.78, 5) is 43.7. The molecular formula is C49H82O15P2. The number of unbranched alkanes of at least 4 members (excludes halogenated alkanes) is 12. The maximum atomic E-state index is 12.2. The second-order valence-electron chi connectivity index (χ2n) is 15.5. The highest BCUT2D eigenvalue weighted by Gasteiger charge is 2.28. The molecule has 0 aromatic carbocycles. The number of hydrogen-bond acceptors (Lipinski definition) is 13. The quantitative estimate of drug-likeness (QED) is 0.0126. The number of aliphatic hydroxyl groups excluding tert-OH is 3. The van der Waals surface area contributed by atoms with Crippen molar-refractivity contribution in [1.82, 2.24) is 0 Å². The van der Waals surface area contributed by atoms with Crippen LogP contribution in [0.2, 0.25) is 0 Å². The number of allylic oxidation sites excluding steroid dienone is 16. The topological polar surface area (TPSA) is 225 Å². The highest BCUT2D eigenvalue weighted by molar-refractivity contribution is 7.47. The minimum absolute atomic E-state index is 0.0954. The van der Waals surface area contributed by atoms with Crippen LogP contribution in [0.25, 0.3) is 0 Å². The van der Waals surface area contributed by atoms with E-state index in [1.54, 1.807) is 0 Å². The van der Waals surface area contributed by atoms with Crippen LogP contribution in [0.1, 0.15) is 142 Å². The standard InChI is InChI=1S/C49H82O15P2/c1-3-5-7-9-11-13-15-17-18-19-20-21-22-23-24-26-28-30-32-34-36-38-49(54)60-40-46(51)42-62-66(57,58)64-44-47(52)43-63-65(55,56)61-41-45(50)39-59-48(53)37-35-33-31-29-27-25-16-14-12-10-8-6-4-2/h6,8,10-14,16-18,20-21,25,27,29,31,45-47,50-52H,3-5,7,9,15,19,22-24,26,28,30,32-44H2,1-2H3,(H,55,56)(H,57,58)/b8-6+,12-10+,13-11-,16-14-,18-17-,21-20-,27-25-,31-29+. The normalized spacial score (nSPS) is 15.9. The number of phosphoric ester groups is 2. The zero-order chi connectivity index (χ0) is 48.8. The van der Waals surface area contributed by atoms with Gasteiger partial charge in [0.05, 0.1) is 26.4 Å². The van der Waals surface area contributed by atoms with E-state index in [9.17, 15) is 43.8 Å². The Hall–Kier alpha value is -3.04. The van der Waals surface area contributed by atoms with Crippen LogP contribution in [-0.2, 0) is 46.3 Å². The summed E-state index contributed by atoms with van der Waals surface area (Å²) in [6, 6.07) is 0. The molecule has 0 saturated carbocycles. The number of carbonyl (C=O) groups excluding carboxylic acids is 2. The second kappa shape index (κ2) is 44.5. The van der Waals surface area contributed by atoms with Crippen molar-refractivity contribution in [2.24, 2.45) is 0 Å². The lowest BCUT2D eigenvalue weighted by Gasteiger charge is -2.19. The monoisotopic (exact) mass is 973 g/mol. The first-order valence-corrected chi connectivity index (χ1v) is 26.6. The lowest BCUT2D eigenvalue weighted by molar-refractivity contribution is -0.148. The van der Waals surface area contributed by atoms with Crippen LogP contribution in [0.5, 0.6) is 0 Å². The number of carbonyl (C=O) groups is 2. The van der Waals surface area contributed by atoms with Crippen LogP contribution in [-0.4, -0.2) is 95.0 Å². The Morgan fingerprint density at radius 1 is 0.424 bits per heavy atom. The summed E-state index contributed by atoms with van der Waals surface area (Å²) in [6.07, 6.45) is 47.0. The molecule has 0 aliphatic carbocycles. The van der Waals surface area contributed by atoms with Crippen LogP contribution >= 0.6 is 15.6 Å². The Labute approximate surface area is 395 Å². The van der Waals surface area contributed by atoms with E-state index in [2.05, 4.69) is 74.5 Å². The first-order valence-electron chi connectivity index (χ1n) is 23.7. The Bertz CT molecular complexity index is 1550. The van der Waals surface area contributed by atoms with Crippen molar-refractivity contribution < 1.29 is 71.4 Å². The van der Waals surface area contributed by atoms with Crippen molar-refractivity contribution >= 4 is 27.6 Å². The molecule has 15 nitrogen and oxygen atoms in total. The van der Waals surface area contributed by atoms with Gasteiger partial charge in [0.2, 0.25) is 0 Å². The zero-order valence-electron chi connectivity index (χ0n) is 39.6. The Morgan fingerprint density at radius 3 is 1.23 bits per heavy atom. The van der Waals surface area contributed by atoms with E-state index >= 15 is 0 Å². The van der Waals surface area contributed by atoms with E-state index in [1.165, 1.54) is 44.9 Å². The van der Waals surface area contributed by atoms with Crippen LogP contribution in [0.15, 0.2) is 97.2 Å². The lowest BCUT2D eigenvalue weighted by atomic mass is 10.1. The van der Waals surface area contributed by atoms with Crippen molar-refractivity contribution in [3.63, 3.8) is 0 Å². The average Bonchev–Trinajstić information content (AvgIpc) is 3.29. The van der Waals surface area contributed by atoms with Crippen molar-refractivity contribution in [3.8, 4) is 0 Å². The molecule has 0 amide bonds. The van der Waals surface area contributed by atoms with E-state index in [0.717, 1.165) is 51.4 Å². The minimum atomic E-state index is -4.81. The van der Waals surface area contributed by atoms with Gasteiger partial charge < -0.3 is 34.6 Å². The van der Waals surface area contributed by atoms with Gasteiger partial charge in [-0.15, -0.1) is 0 Å². The smallest absolute Gasteiger partial charge is 0.463 e. The SMILES string of the molecule is CC/C=C/C=C/C=C\C=C/C=C/CCCC(=O)OCC(O)COP(=O)(O)OCC(O)COP(=O)(O)OCC(O)COC(=O)CCCCCCCCCC/C=C\C/C=C\C/C=C\CCCCC. The molecule has 0 aromatic heterocycles. The first-order chi connectivity index (χ1) is 31.8. The van der Waals surface area contributed by atoms with Crippen molar-refractivity contribution in [2.75, 3.05) is 39.6 Å². The van der Waals surface area contributed by atoms with Gasteiger partial charge in [0.1, 0.15) is 31.5 Å². The van der Waals surface area contributed by atoms with Crippen LogP contribution in [0, 0.1) is 0 Å². The molecule has 5 unspecified atom stereocenters. The van der Waals surface area contributed by atoms with E-state index in [0.29, 0.717) is 19.3 Å². The van der Waals surface area contributed by atoms with E-state index in [1.807, 2.05) is 54.7 Å². The number of aliphatic hydroxyl groups is 3. The Balaban J connectivity index is 3.95. The van der Waals surface area contributed by atoms with Gasteiger partial charge in [0, 0.05) is 12.8 Å². The molecule has 0 saturated heterocycles. The van der Waals surface area contributed by atoms with Gasteiger partial charge in [0.15, 0.2) is 0 Å². The van der Waals surface area contributed by atoms with Gasteiger partial charge in [-0.3, -0.25) is 27.7 Å². The molecule has 17 heteroatoms. The summed E-state index contributed by atoms with van der Waals surface area (Å²) in [5.41, 5.74) is 0. The summed E-state index contributed by atoms with van der Waals surface area (Å²) in [5.74, 6) is -1.08. The zero-order valence-corrected chi connectivity index (χ0v) is 41.4. The fraction of sp³-hybridized carbons (Fsp3) is 0.633. The van der Waals surface area contributed by atoms with Crippen LogP contribution in [0.3, 0.4) is 0 Å². The van der Waals surface area contributed by atoms with E-state index < -0.39 is 85.5 Å². The molecule has 5 N–H and O–H groups in total. The molecule has 5 atom stereocenters. The fourth-order valence-corrected chi connectivity index (χ4v) is 7.07. The number of rotatable bonds is 44. The van der Waals surface area contributed by atoms with Gasteiger partial charge in [-0.2, -0.15) is 0 Å². The lowest BCUT2D eigenvalue weighted by Crippen LogP contribution is -2.25. The summed E-state index contributed by atoms with van der Waals surface area (Å²) < 4.78 is 52.9. The Kier molecular flexibility index (Phi) is 42.4. The molecule has 0 heterocycles. The van der Waals surface area contributed by atoms with Gasteiger partial charge in [-0.05, 0) is 64.2 Å². The van der Waals surface area contributed by atoms with Crippen molar-refractivity contribution in [1.29, 1.82) is 0 Å². The molecule has 0 radical (unpaired) electrons. The maximum Gasteiger partial charge on any atom is 0.472 e. The molecule has 0 bridgehead atoms. The molecule has 0 aromatic rings. The highest BCUT2D eigenvalue weighted by atomic mass is 31.2. The Morgan fingerprint density at radius 2 is 0.773 bits per heavy atom. The summed E-state index contributed by atoms with van der Waals surface area (Å²) in [5, 5.41) is 30.0. The van der Waals surface area contributed by atoms with Gasteiger partial charge in [0.25, 0.3) is 0 Å². The molecule has 66 heavy (non-hydrogen) atoms. The first kappa shape index (κ1) is 63.0. The van der Waals surface area contributed by atoms with Crippen molar-refractivity contribution in [2.45, 2.75) is 161 Å². The van der Waals surface area contributed by atoms with E-state index in [-0.39, 0.29) is 12.8 Å². The third kappa shape index (κ3) is 46.1. The number of ether oxygens (including phenoxy) is 2. The predicted octanol–water partition coefficient (Wildman–Crippen LogP) is 10.7.